The van der Waals surface area contributed by atoms with E-state index in [1.165, 1.54) is 0 Å². The molecule has 2 aromatic carbocycles. The predicted molar refractivity (Wildman–Crippen MR) is 66.3 cm³/mol. The van der Waals surface area contributed by atoms with Crippen LogP contribution in [-0.4, -0.2) is 22.8 Å². The Morgan fingerprint density at radius 1 is 1.12 bits per heavy atom. The van der Waals surface area contributed by atoms with Crippen molar-refractivity contribution in [3.05, 3.63) is 47.5 Å². The number of carboxylic acids is 1. The molecule has 0 radical (unpaired) electrons. The van der Waals surface area contributed by atoms with Crippen LogP contribution in [0, 0.1) is 0 Å². The van der Waals surface area contributed by atoms with Crippen molar-refractivity contribution in [1.29, 1.82) is 0 Å². The van der Waals surface area contributed by atoms with Crippen LogP contribution in [0.15, 0.2) is 36.4 Å². The molecule has 0 saturated heterocycles. The largest absolute Gasteiger partial charge is 0.478 e. The van der Waals surface area contributed by atoms with Crippen LogP contribution in [0.25, 0.3) is 10.8 Å². The molecule has 17 heavy (non-hydrogen) atoms. The third kappa shape index (κ3) is 2.29. The summed E-state index contributed by atoms with van der Waals surface area (Å²) in [5.74, 6) is -0.908. The van der Waals surface area contributed by atoms with Crippen LogP contribution in [0.3, 0.4) is 0 Å². The first-order chi connectivity index (χ1) is 8.24. The average molecular weight is 230 g/mol. The molecule has 0 heterocycles. The van der Waals surface area contributed by atoms with E-state index in [0.717, 1.165) is 16.3 Å². The third-order valence-electron chi connectivity index (χ3n) is 2.83. The summed E-state index contributed by atoms with van der Waals surface area (Å²) in [6.45, 7) is 0.0753. The van der Waals surface area contributed by atoms with E-state index in [9.17, 15) is 9.90 Å². The number of hydrogen-bond donors (Lipinski definition) is 2. The third-order valence-corrected chi connectivity index (χ3v) is 2.83. The van der Waals surface area contributed by atoms with E-state index < -0.39 is 5.97 Å². The number of aromatic carboxylic acids is 1. The van der Waals surface area contributed by atoms with Gasteiger partial charge in [0, 0.05) is 6.61 Å². The predicted octanol–water partition coefficient (Wildman–Crippen LogP) is 2.46. The van der Waals surface area contributed by atoms with Crippen molar-refractivity contribution in [3.8, 4) is 0 Å². The Labute approximate surface area is 99.3 Å². The SMILES string of the molecule is O=C(O)c1c(CCCO)ccc2ccccc12. The zero-order valence-electron chi connectivity index (χ0n) is 9.39. The van der Waals surface area contributed by atoms with Gasteiger partial charge in [-0.2, -0.15) is 0 Å². The lowest BCUT2D eigenvalue weighted by Crippen LogP contribution is -2.04. The Morgan fingerprint density at radius 2 is 1.88 bits per heavy atom. The monoisotopic (exact) mass is 230 g/mol. The van der Waals surface area contributed by atoms with Crippen LogP contribution in [0.1, 0.15) is 22.3 Å². The van der Waals surface area contributed by atoms with Gasteiger partial charge in [-0.05, 0) is 29.2 Å². The lowest BCUT2D eigenvalue weighted by atomic mass is 9.96. The summed E-state index contributed by atoms with van der Waals surface area (Å²) in [6, 6.07) is 11.2. The van der Waals surface area contributed by atoms with Crippen molar-refractivity contribution in [2.24, 2.45) is 0 Å². The molecule has 3 nitrogen and oxygen atoms in total. The summed E-state index contributed by atoms with van der Waals surface area (Å²) in [7, 11) is 0. The lowest BCUT2D eigenvalue weighted by molar-refractivity contribution is 0.0697. The van der Waals surface area contributed by atoms with Crippen LogP contribution in [0.5, 0.6) is 0 Å². The zero-order valence-corrected chi connectivity index (χ0v) is 9.39. The zero-order chi connectivity index (χ0) is 12.3. The summed E-state index contributed by atoms with van der Waals surface area (Å²) in [4.78, 5) is 11.3. The minimum absolute atomic E-state index is 0.0753. The molecule has 0 spiro atoms. The van der Waals surface area contributed by atoms with E-state index in [2.05, 4.69) is 0 Å². The number of carbonyl (C=O) groups is 1. The maximum absolute atomic E-state index is 11.3. The van der Waals surface area contributed by atoms with Crippen molar-refractivity contribution in [2.45, 2.75) is 12.8 Å². The number of rotatable bonds is 4. The first kappa shape index (κ1) is 11.6. The summed E-state index contributed by atoms with van der Waals surface area (Å²) in [5, 5.41) is 19.8. The molecular weight excluding hydrogens is 216 g/mol. The molecule has 0 atom stereocenters. The van der Waals surface area contributed by atoms with E-state index in [1.807, 2.05) is 36.4 Å². The van der Waals surface area contributed by atoms with Crippen molar-refractivity contribution < 1.29 is 15.0 Å². The summed E-state index contributed by atoms with van der Waals surface area (Å²) >= 11 is 0. The van der Waals surface area contributed by atoms with Gasteiger partial charge < -0.3 is 10.2 Å². The van der Waals surface area contributed by atoms with Gasteiger partial charge in [-0.1, -0.05) is 36.4 Å². The van der Waals surface area contributed by atoms with Crippen molar-refractivity contribution in [1.82, 2.24) is 0 Å². The standard InChI is InChI=1S/C14H14O3/c15-9-3-5-11-8-7-10-4-1-2-6-12(10)13(11)14(16)17/h1-2,4,6-8,15H,3,5,9H2,(H,16,17). The molecule has 0 aliphatic heterocycles. The van der Waals surface area contributed by atoms with E-state index in [4.69, 9.17) is 5.11 Å². The first-order valence-corrected chi connectivity index (χ1v) is 5.59. The van der Waals surface area contributed by atoms with Crippen LogP contribution < -0.4 is 0 Å². The number of aliphatic hydroxyl groups is 1. The van der Waals surface area contributed by atoms with Gasteiger partial charge >= 0.3 is 5.97 Å². The number of aliphatic hydroxyl groups excluding tert-OH is 1. The van der Waals surface area contributed by atoms with Crippen LogP contribution in [0.4, 0.5) is 0 Å². The fourth-order valence-corrected chi connectivity index (χ4v) is 2.05. The highest BCUT2D eigenvalue weighted by atomic mass is 16.4. The molecule has 3 heteroatoms. The summed E-state index contributed by atoms with van der Waals surface area (Å²) in [5.41, 5.74) is 1.14. The molecule has 0 saturated carbocycles. The number of hydrogen-bond acceptors (Lipinski definition) is 2. The first-order valence-electron chi connectivity index (χ1n) is 5.59. The molecule has 0 fully saturated rings. The maximum Gasteiger partial charge on any atom is 0.336 e. The highest BCUT2D eigenvalue weighted by Gasteiger charge is 2.13. The van der Waals surface area contributed by atoms with E-state index >= 15 is 0 Å². The van der Waals surface area contributed by atoms with E-state index in [1.54, 1.807) is 0 Å². The van der Waals surface area contributed by atoms with Gasteiger partial charge in [0.2, 0.25) is 0 Å². The molecule has 88 valence electrons. The lowest BCUT2D eigenvalue weighted by Gasteiger charge is -2.09. The fourth-order valence-electron chi connectivity index (χ4n) is 2.05. The Bertz CT molecular complexity index is 546. The van der Waals surface area contributed by atoms with Gasteiger partial charge in [0.25, 0.3) is 0 Å². The fraction of sp³-hybridized carbons (Fsp3) is 0.214. The molecule has 0 aliphatic carbocycles. The van der Waals surface area contributed by atoms with Crippen molar-refractivity contribution >= 4 is 16.7 Å². The summed E-state index contributed by atoms with van der Waals surface area (Å²) in [6.07, 6.45) is 1.17. The number of benzene rings is 2. The number of aryl methyl sites for hydroxylation is 1. The van der Waals surface area contributed by atoms with Crippen molar-refractivity contribution in [2.75, 3.05) is 6.61 Å². The Morgan fingerprint density at radius 3 is 2.59 bits per heavy atom. The molecule has 0 unspecified atom stereocenters. The second-order valence-corrected chi connectivity index (χ2v) is 3.95. The molecule has 2 rings (SSSR count). The van der Waals surface area contributed by atoms with Crippen LogP contribution >= 0.6 is 0 Å². The molecule has 0 aromatic heterocycles. The van der Waals surface area contributed by atoms with Gasteiger partial charge in [-0.25, -0.2) is 4.79 Å². The van der Waals surface area contributed by atoms with Crippen molar-refractivity contribution in [3.63, 3.8) is 0 Å². The van der Waals surface area contributed by atoms with Crippen LogP contribution in [-0.2, 0) is 6.42 Å². The molecule has 0 bridgehead atoms. The molecule has 2 N–H and O–H groups in total. The molecule has 0 aliphatic rings. The Balaban J connectivity index is 2.60. The van der Waals surface area contributed by atoms with Gasteiger partial charge in [0.15, 0.2) is 0 Å². The number of fused-ring (bicyclic) bond motifs is 1. The maximum atomic E-state index is 11.3. The minimum Gasteiger partial charge on any atom is -0.478 e. The molecule has 2 aromatic rings. The average Bonchev–Trinajstić information content (AvgIpc) is 2.35. The quantitative estimate of drug-likeness (QED) is 0.848. The van der Waals surface area contributed by atoms with Gasteiger partial charge in [0.1, 0.15) is 0 Å². The highest BCUT2D eigenvalue weighted by molar-refractivity contribution is 6.05. The second-order valence-electron chi connectivity index (χ2n) is 3.95. The number of carboxylic acid groups (broad SMARTS) is 1. The van der Waals surface area contributed by atoms with E-state index in [-0.39, 0.29) is 6.61 Å². The topological polar surface area (TPSA) is 57.5 Å². The molecule has 0 amide bonds. The van der Waals surface area contributed by atoms with Gasteiger partial charge in [-0.15, -0.1) is 0 Å². The molecular formula is C14H14O3. The van der Waals surface area contributed by atoms with Gasteiger partial charge in [-0.3, -0.25) is 0 Å². The Kier molecular flexibility index (Phi) is 3.40. The second kappa shape index (κ2) is 4.97. The van der Waals surface area contributed by atoms with Gasteiger partial charge in [0.05, 0.1) is 5.56 Å². The van der Waals surface area contributed by atoms with Crippen LogP contribution in [0.2, 0.25) is 0 Å². The highest BCUT2D eigenvalue weighted by Crippen LogP contribution is 2.23. The Hall–Kier alpha value is -1.87. The smallest absolute Gasteiger partial charge is 0.336 e. The normalized spacial score (nSPS) is 10.6. The summed E-state index contributed by atoms with van der Waals surface area (Å²) < 4.78 is 0. The minimum atomic E-state index is -0.908. The van der Waals surface area contributed by atoms with E-state index in [0.29, 0.717) is 18.4 Å².